The molecule has 2 aromatic rings. The number of hydrogen-bond acceptors (Lipinski definition) is 3. The molecule has 0 aliphatic rings. The van der Waals surface area contributed by atoms with Crippen molar-refractivity contribution >= 4 is 0 Å². The van der Waals surface area contributed by atoms with Gasteiger partial charge in [-0.2, -0.15) is 0 Å². The summed E-state index contributed by atoms with van der Waals surface area (Å²) in [6.45, 7) is 3.21. The van der Waals surface area contributed by atoms with Crippen molar-refractivity contribution in [1.82, 2.24) is 14.9 Å². The first-order valence-electron chi connectivity index (χ1n) is 7.58. The Morgan fingerprint density at radius 3 is 2.90 bits per heavy atom. The van der Waals surface area contributed by atoms with Crippen LogP contribution < -0.4 is 10.1 Å². The van der Waals surface area contributed by atoms with Gasteiger partial charge in [-0.1, -0.05) is 19.1 Å². The molecule has 2 rings (SSSR count). The predicted molar refractivity (Wildman–Crippen MR) is 85.6 cm³/mol. The van der Waals surface area contributed by atoms with Crippen LogP contribution >= 0.6 is 0 Å². The lowest BCUT2D eigenvalue weighted by molar-refractivity contribution is 0.412. The van der Waals surface area contributed by atoms with Crippen molar-refractivity contribution in [2.45, 2.75) is 32.2 Å². The third-order valence-corrected chi connectivity index (χ3v) is 3.71. The maximum atomic E-state index is 5.33. The molecule has 4 heteroatoms. The Kier molecular flexibility index (Phi) is 5.81. The van der Waals surface area contributed by atoms with Gasteiger partial charge in [-0.25, -0.2) is 4.98 Å². The minimum atomic E-state index is 0.330. The van der Waals surface area contributed by atoms with E-state index < -0.39 is 0 Å². The molecule has 1 aromatic heterocycles. The van der Waals surface area contributed by atoms with Gasteiger partial charge >= 0.3 is 0 Å². The van der Waals surface area contributed by atoms with E-state index in [0.717, 1.165) is 37.4 Å². The van der Waals surface area contributed by atoms with Gasteiger partial charge in [0.25, 0.3) is 0 Å². The molecule has 0 bridgehead atoms. The monoisotopic (exact) mass is 287 g/mol. The van der Waals surface area contributed by atoms with Crippen molar-refractivity contribution in [2.24, 2.45) is 7.05 Å². The van der Waals surface area contributed by atoms with E-state index in [1.54, 1.807) is 7.11 Å². The van der Waals surface area contributed by atoms with Crippen molar-refractivity contribution in [3.05, 3.63) is 48.0 Å². The quantitative estimate of drug-likeness (QED) is 0.811. The van der Waals surface area contributed by atoms with Gasteiger partial charge in [-0.15, -0.1) is 0 Å². The van der Waals surface area contributed by atoms with Crippen LogP contribution in [0, 0.1) is 0 Å². The summed E-state index contributed by atoms with van der Waals surface area (Å²) in [7, 11) is 3.75. The van der Waals surface area contributed by atoms with Crippen LogP contribution in [0.3, 0.4) is 0 Å². The van der Waals surface area contributed by atoms with Crippen molar-refractivity contribution in [1.29, 1.82) is 0 Å². The maximum Gasteiger partial charge on any atom is 0.119 e. The van der Waals surface area contributed by atoms with Crippen LogP contribution in [0.15, 0.2) is 36.7 Å². The first kappa shape index (κ1) is 15.6. The highest BCUT2D eigenvalue weighted by atomic mass is 16.5. The van der Waals surface area contributed by atoms with E-state index in [1.807, 2.05) is 25.5 Å². The average Bonchev–Trinajstić information content (AvgIpc) is 2.93. The Morgan fingerprint density at radius 2 is 2.24 bits per heavy atom. The maximum absolute atomic E-state index is 5.33. The number of hydrogen-bond donors (Lipinski definition) is 1. The summed E-state index contributed by atoms with van der Waals surface area (Å²) in [5.74, 6) is 2.04. The first-order chi connectivity index (χ1) is 10.2. The van der Waals surface area contributed by atoms with E-state index in [2.05, 4.69) is 40.0 Å². The second kappa shape index (κ2) is 7.84. The third-order valence-electron chi connectivity index (χ3n) is 3.71. The fraction of sp³-hybridized carbons (Fsp3) is 0.471. The molecular weight excluding hydrogens is 262 g/mol. The standard InChI is InChI=1S/C17H25N3O/c1-4-10-18-16(8-9-17-19-11-12-20(17)2)14-6-5-7-15(13-14)21-3/h5-7,11-13,16,18H,4,8-10H2,1-3H3. The Hall–Kier alpha value is -1.81. The van der Waals surface area contributed by atoms with Gasteiger partial charge in [0.15, 0.2) is 0 Å². The van der Waals surface area contributed by atoms with E-state index in [9.17, 15) is 0 Å². The molecule has 0 aliphatic carbocycles. The number of benzene rings is 1. The number of aromatic nitrogens is 2. The molecule has 0 radical (unpaired) electrons. The molecule has 1 heterocycles. The van der Waals surface area contributed by atoms with Crippen LogP contribution in [-0.4, -0.2) is 23.2 Å². The van der Waals surface area contributed by atoms with Crippen LogP contribution in [0.1, 0.15) is 37.2 Å². The summed E-state index contributed by atoms with van der Waals surface area (Å²) < 4.78 is 7.42. The number of methoxy groups -OCH3 is 1. The summed E-state index contributed by atoms with van der Waals surface area (Å²) in [4.78, 5) is 4.41. The molecule has 0 saturated heterocycles. The summed E-state index contributed by atoms with van der Waals surface area (Å²) in [6.07, 6.45) is 6.97. The van der Waals surface area contributed by atoms with Crippen LogP contribution in [0.5, 0.6) is 5.75 Å². The lowest BCUT2D eigenvalue weighted by Gasteiger charge is -2.19. The number of ether oxygens (including phenoxy) is 1. The zero-order chi connectivity index (χ0) is 15.1. The van der Waals surface area contributed by atoms with Crippen molar-refractivity contribution in [3.8, 4) is 5.75 Å². The summed E-state index contributed by atoms with van der Waals surface area (Å²) >= 11 is 0. The zero-order valence-electron chi connectivity index (χ0n) is 13.2. The minimum absolute atomic E-state index is 0.330. The molecule has 4 nitrogen and oxygen atoms in total. The average molecular weight is 287 g/mol. The van der Waals surface area contributed by atoms with Gasteiger partial charge in [-0.05, 0) is 37.1 Å². The number of rotatable bonds is 8. The Bertz CT molecular complexity index is 550. The zero-order valence-corrected chi connectivity index (χ0v) is 13.2. The fourth-order valence-corrected chi connectivity index (χ4v) is 2.47. The summed E-state index contributed by atoms with van der Waals surface area (Å²) in [6, 6.07) is 8.64. The Balaban J connectivity index is 2.07. The molecule has 1 aromatic carbocycles. The molecule has 0 saturated carbocycles. The van der Waals surface area contributed by atoms with E-state index in [-0.39, 0.29) is 0 Å². The normalized spacial score (nSPS) is 12.3. The molecule has 21 heavy (non-hydrogen) atoms. The van der Waals surface area contributed by atoms with E-state index in [0.29, 0.717) is 6.04 Å². The van der Waals surface area contributed by atoms with Crippen LogP contribution in [0.2, 0.25) is 0 Å². The predicted octanol–water partition coefficient (Wildman–Crippen LogP) is 3.10. The molecule has 0 amide bonds. The van der Waals surface area contributed by atoms with Crippen LogP contribution in [-0.2, 0) is 13.5 Å². The number of nitrogens with one attached hydrogen (secondary N) is 1. The second-order valence-corrected chi connectivity index (χ2v) is 5.28. The van der Waals surface area contributed by atoms with E-state index >= 15 is 0 Å². The van der Waals surface area contributed by atoms with Gasteiger partial charge < -0.3 is 14.6 Å². The van der Waals surface area contributed by atoms with Gasteiger partial charge in [0, 0.05) is 31.9 Å². The highest BCUT2D eigenvalue weighted by Gasteiger charge is 2.13. The van der Waals surface area contributed by atoms with Gasteiger partial charge in [0.05, 0.1) is 7.11 Å². The molecule has 114 valence electrons. The van der Waals surface area contributed by atoms with Gasteiger partial charge in [0.1, 0.15) is 11.6 Å². The molecule has 0 spiro atoms. The van der Waals surface area contributed by atoms with Gasteiger partial charge in [-0.3, -0.25) is 0 Å². The molecular formula is C17H25N3O. The molecule has 0 fully saturated rings. The van der Waals surface area contributed by atoms with Crippen molar-refractivity contribution < 1.29 is 4.74 Å². The van der Waals surface area contributed by atoms with Crippen LogP contribution in [0.4, 0.5) is 0 Å². The van der Waals surface area contributed by atoms with Crippen molar-refractivity contribution in [3.63, 3.8) is 0 Å². The molecule has 1 unspecified atom stereocenters. The molecule has 1 atom stereocenters. The van der Waals surface area contributed by atoms with E-state index in [1.165, 1.54) is 5.56 Å². The number of nitrogens with zero attached hydrogens (tertiary/aromatic N) is 2. The van der Waals surface area contributed by atoms with Crippen molar-refractivity contribution in [2.75, 3.05) is 13.7 Å². The Labute approximate surface area is 127 Å². The largest absolute Gasteiger partial charge is 0.497 e. The lowest BCUT2D eigenvalue weighted by Crippen LogP contribution is -2.23. The Morgan fingerprint density at radius 1 is 1.38 bits per heavy atom. The third kappa shape index (κ3) is 4.33. The smallest absolute Gasteiger partial charge is 0.119 e. The SMILES string of the molecule is CCCNC(CCc1nccn1C)c1cccc(OC)c1. The minimum Gasteiger partial charge on any atom is -0.497 e. The highest BCUT2D eigenvalue weighted by molar-refractivity contribution is 5.30. The van der Waals surface area contributed by atoms with E-state index in [4.69, 9.17) is 4.74 Å². The summed E-state index contributed by atoms with van der Waals surface area (Å²) in [5.41, 5.74) is 1.28. The molecule has 1 N–H and O–H groups in total. The second-order valence-electron chi connectivity index (χ2n) is 5.28. The first-order valence-corrected chi connectivity index (χ1v) is 7.58. The topological polar surface area (TPSA) is 39.1 Å². The molecule has 0 aliphatic heterocycles. The van der Waals surface area contributed by atoms with Gasteiger partial charge in [0.2, 0.25) is 0 Å². The summed E-state index contributed by atoms with van der Waals surface area (Å²) in [5, 5.41) is 3.63. The fourth-order valence-electron chi connectivity index (χ4n) is 2.47. The number of imidazole rings is 1. The van der Waals surface area contributed by atoms with Crippen LogP contribution in [0.25, 0.3) is 0 Å². The lowest BCUT2D eigenvalue weighted by atomic mass is 10.0. The highest BCUT2D eigenvalue weighted by Crippen LogP contribution is 2.23. The number of aryl methyl sites for hydroxylation is 2.